The van der Waals surface area contributed by atoms with E-state index in [4.69, 9.17) is 5.84 Å². The van der Waals surface area contributed by atoms with E-state index in [0.29, 0.717) is 5.82 Å². The average molecular weight is 221 g/mol. The second kappa shape index (κ2) is 5.12. The third kappa shape index (κ3) is 2.41. The van der Waals surface area contributed by atoms with Crippen LogP contribution in [-0.2, 0) is 6.42 Å². The number of nitrogens with zero attached hydrogens (tertiary/aromatic N) is 3. The van der Waals surface area contributed by atoms with Crippen molar-refractivity contribution in [3.63, 3.8) is 0 Å². The molecule has 0 saturated carbocycles. The number of hydrogen-bond donors (Lipinski definition) is 2. The van der Waals surface area contributed by atoms with Crippen LogP contribution in [0, 0.1) is 0 Å². The maximum absolute atomic E-state index is 5.41. The highest BCUT2D eigenvalue weighted by Crippen LogP contribution is 2.18. The third-order valence-electron chi connectivity index (χ3n) is 2.92. The van der Waals surface area contributed by atoms with Gasteiger partial charge in [-0.3, -0.25) is 0 Å². The predicted molar refractivity (Wildman–Crippen MR) is 65.3 cm³/mol. The minimum Gasteiger partial charge on any atom is -0.341 e. The normalized spacial score (nSPS) is 16.2. The second-order valence-electron chi connectivity index (χ2n) is 4.09. The van der Waals surface area contributed by atoms with Crippen LogP contribution in [0.2, 0.25) is 0 Å². The molecule has 1 saturated heterocycles. The van der Waals surface area contributed by atoms with Crippen LogP contribution in [0.4, 0.5) is 11.8 Å². The zero-order valence-electron chi connectivity index (χ0n) is 9.74. The highest BCUT2D eigenvalue weighted by molar-refractivity contribution is 5.43. The van der Waals surface area contributed by atoms with E-state index in [0.717, 1.165) is 31.2 Å². The Labute approximate surface area is 96.0 Å². The van der Waals surface area contributed by atoms with E-state index in [2.05, 4.69) is 27.2 Å². The van der Waals surface area contributed by atoms with Crippen LogP contribution < -0.4 is 16.2 Å². The molecule has 1 aliphatic rings. The summed E-state index contributed by atoms with van der Waals surface area (Å²) in [7, 11) is 0. The Kier molecular flexibility index (Phi) is 3.56. The number of hydrogen-bond acceptors (Lipinski definition) is 5. The summed E-state index contributed by atoms with van der Waals surface area (Å²) in [5.74, 6) is 6.93. The van der Waals surface area contributed by atoms with E-state index in [-0.39, 0.29) is 0 Å². The summed E-state index contributed by atoms with van der Waals surface area (Å²) in [5, 5.41) is 0. The van der Waals surface area contributed by atoms with E-state index in [1.54, 1.807) is 0 Å². The van der Waals surface area contributed by atoms with Gasteiger partial charge in [-0.15, -0.1) is 0 Å². The zero-order valence-corrected chi connectivity index (χ0v) is 9.74. The first kappa shape index (κ1) is 11.1. The molecule has 0 aromatic carbocycles. The number of hydrazine groups is 1. The number of nitrogens with two attached hydrogens (primary N) is 1. The quantitative estimate of drug-likeness (QED) is 0.595. The molecule has 1 fully saturated rings. The molecule has 88 valence electrons. The second-order valence-corrected chi connectivity index (χ2v) is 4.09. The van der Waals surface area contributed by atoms with Crippen molar-refractivity contribution < 1.29 is 0 Å². The molecule has 0 spiro atoms. The Morgan fingerprint density at radius 3 is 2.69 bits per heavy atom. The fourth-order valence-electron chi connectivity index (χ4n) is 1.97. The molecule has 1 aromatic heterocycles. The lowest BCUT2D eigenvalue weighted by molar-refractivity contribution is 0.567. The Balaban J connectivity index is 2.24. The predicted octanol–water partition coefficient (Wildman–Crippen LogP) is 1.31. The maximum Gasteiger partial charge on any atom is 0.227 e. The molecule has 0 unspecified atom stereocenters. The smallest absolute Gasteiger partial charge is 0.227 e. The lowest BCUT2D eigenvalue weighted by atomic mass is 10.1. The maximum atomic E-state index is 5.41. The van der Waals surface area contributed by atoms with E-state index in [1.165, 1.54) is 19.3 Å². The van der Waals surface area contributed by atoms with Crippen molar-refractivity contribution >= 4 is 11.8 Å². The van der Waals surface area contributed by atoms with Gasteiger partial charge >= 0.3 is 0 Å². The van der Waals surface area contributed by atoms with Crippen LogP contribution in [0.1, 0.15) is 31.9 Å². The fourth-order valence-corrected chi connectivity index (χ4v) is 1.97. The SMILES string of the molecule is CCc1cc(NN)nc(N2CCCCC2)n1. The molecule has 0 bridgehead atoms. The number of rotatable bonds is 3. The van der Waals surface area contributed by atoms with Gasteiger partial charge in [0.25, 0.3) is 0 Å². The number of nitrogens with one attached hydrogen (secondary N) is 1. The van der Waals surface area contributed by atoms with Gasteiger partial charge in [-0.05, 0) is 25.7 Å². The summed E-state index contributed by atoms with van der Waals surface area (Å²) in [5.41, 5.74) is 3.63. The summed E-state index contributed by atoms with van der Waals surface area (Å²) in [6.45, 7) is 4.19. The highest BCUT2D eigenvalue weighted by Gasteiger charge is 2.14. The van der Waals surface area contributed by atoms with Gasteiger partial charge in [0.1, 0.15) is 5.82 Å². The molecule has 1 aliphatic heterocycles. The topological polar surface area (TPSA) is 67.1 Å². The van der Waals surface area contributed by atoms with Crippen molar-refractivity contribution in [2.24, 2.45) is 5.84 Å². The van der Waals surface area contributed by atoms with Crippen molar-refractivity contribution in [1.29, 1.82) is 0 Å². The molecule has 5 nitrogen and oxygen atoms in total. The van der Waals surface area contributed by atoms with Crippen LogP contribution in [0.5, 0.6) is 0 Å². The first-order valence-corrected chi connectivity index (χ1v) is 5.93. The Morgan fingerprint density at radius 2 is 2.06 bits per heavy atom. The molecule has 0 atom stereocenters. The Morgan fingerprint density at radius 1 is 1.31 bits per heavy atom. The number of nitrogen functional groups attached to an aromatic ring is 1. The van der Waals surface area contributed by atoms with Gasteiger partial charge in [-0.1, -0.05) is 6.92 Å². The summed E-state index contributed by atoms with van der Waals surface area (Å²) in [4.78, 5) is 11.2. The Hall–Kier alpha value is -1.36. The van der Waals surface area contributed by atoms with Gasteiger partial charge in [0.2, 0.25) is 5.95 Å². The van der Waals surface area contributed by atoms with Crippen LogP contribution in [0.25, 0.3) is 0 Å². The van der Waals surface area contributed by atoms with E-state index in [1.807, 2.05) is 6.07 Å². The lowest BCUT2D eigenvalue weighted by Crippen LogP contribution is -2.31. The molecule has 2 heterocycles. The van der Waals surface area contributed by atoms with Crippen LogP contribution in [0.3, 0.4) is 0 Å². The minimum absolute atomic E-state index is 0.701. The van der Waals surface area contributed by atoms with E-state index >= 15 is 0 Å². The summed E-state index contributed by atoms with van der Waals surface area (Å²) in [6.07, 6.45) is 4.67. The third-order valence-corrected chi connectivity index (χ3v) is 2.92. The van der Waals surface area contributed by atoms with Crippen LogP contribution >= 0.6 is 0 Å². The molecule has 0 amide bonds. The number of aromatic nitrogens is 2. The number of aryl methyl sites for hydroxylation is 1. The first-order valence-electron chi connectivity index (χ1n) is 5.93. The molecule has 3 N–H and O–H groups in total. The van der Waals surface area contributed by atoms with Crippen molar-refractivity contribution in [2.45, 2.75) is 32.6 Å². The van der Waals surface area contributed by atoms with Crippen molar-refractivity contribution in [3.8, 4) is 0 Å². The van der Waals surface area contributed by atoms with Gasteiger partial charge in [0, 0.05) is 24.8 Å². The van der Waals surface area contributed by atoms with Crippen LogP contribution in [-0.4, -0.2) is 23.1 Å². The molecule has 0 aliphatic carbocycles. The molecule has 16 heavy (non-hydrogen) atoms. The summed E-state index contributed by atoms with van der Waals surface area (Å²) in [6, 6.07) is 1.90. The lowest BCUT2D eigenvalue weighted by Gasteiger charge is -2.27. The van der Waals surface area contributed by atoms with Crippen molar-refractivity contribution in [3.05, 3.63) is 11.8 Å². The molecular formula is C11H19N5. The van der Waals surface area contributed by atoms with Crippen molar-refractivity contribution in [2.75, 3.05) is 23.4 Å². The standard InChI is InChI=1S/C11H19N5/c1-2-9-8-10(15-12)14-11(13-9)16-6-4-3-5-7-16/h8H,2-7,12H2,1H3,(H,13,14,15). The average Bonchev–Trinajstić information content (AvgIpc) is 2.39. The minimum atomic E-state index is 0.701. The summed E-state index contributed by atoms with van der Waals surface area (Å²) < 4.78 is 0. The molecular weight excluding hydrogens is 202 g/mol. The highest BCUT2D eigenvalue weighted by atomic mass is 15.3. The van der Waals surface area contributed by atoms with Gasteiger partial charge in [0.05, 0.1) is 0 Å². The van der Waals surface area contributed by atoms with E-state index in [9.17, 15) is 0 Å². The Bertz CT molecular complexity index is 324. The first-order chi connectivity index (χ1) is 7.83. The molecule has 1 aromatic rings. The van der Waals surface area contributed by atoms with Gasteiger partial charge in [0.15, 0.2) is 0 Å². The number of piperidine rings is 1. The fraction of sp³-hybridized carbons (Fsp3) is 0.636. The van der Waals surface area contributed by atoms with Gasteiger partial charge in [-0.25, -0.2) is 10.8 Å². The largest absolute Gasteiger partial charge is 0.341 e. The zero-order chi connectivity index (χ0) is 11.4. The number of anilines is 2. The van der Waals surface area contributed by atoms with Gasteiger partial charge in [-0.2, -0.15) is 4.98 Å². The molecule has 0 radical (unpaired) electrons. The van der Waals surface area contributed by atoms with Gasteiger partial charge < -0.3 is 10.3 Å². The van der Waals surface area contributed by atoms with E-state index < -0.39 is 0 Å². The van der Waals surface area contributed by atoms with Crippen molar-refractivity contribution in [1.82, 2.24) is 9.97 Å². The monoisotopic (exact) mass is 221 g/mol. The summed E-state index contributed by atoms with van der Waals surface area (Å²) >= 11 is 0. The molecule has 5 heteroatoms. The van der Waals surface area contributed by atoms with Crippen LogP contribution in [0.15, 0.2) is 6.07 Å². The molecule has 2 rings (SSSR count).